The third-order valence-electron chi connectivity index (χ3n) is 1.38. The molecule has 13 heavy (non-hydrogen) atoms. The Morgan fingerprint density at radius 1 is 1.54 bits per heavy atom. The molecule has 1 aromatic rings. The van der Waals surface area contributed by atoms with E-state index >= 15 is 0 Å². The van der Waals surface area contributed by atoms with Gasteiger partial charge in [-0.15, -0.1) is 23.1 Å². The van der Waals surface area contributed by atoms with Crippen molar-refractivity contribution in [3.63, 3.8) is 0 Å². The monoisotopic (exact) mass is 206 g/mol. The van der Waals surface area contributed by atoms with Gasteiger partial charge in [-0.25, -0.2) is 0 Å². The molecule has 1 rings (SSSR count). The Morgan fingerprint density at radius 2 is 2.31 bits per heavy atom. The maximum Gasteiger partial charge on any atom is 0.101 e. The van der Waals surface area contributed by atoms with Gasteiger partial charge in [-0.1, -0.05) is 0 Å². The van der Waals surface area contributed by atoms with E-state index in [4.69, 9.17) is 10.5 Å². The van der Waals surface area contributed by atoms with Crippen LogP contribution in [0.3, 0.4) is 0 Å². The van der Waals surface area contributed by atoms with Gasteiger partial charge in [-0.3, -0.25) is 0 Å². The van der Waals surface area contributed by atoms with Crippen molar-refractivity contribution in [3.05, 3.63) is 23.1 Å². The van der Waals surface area contributed by atoms with Crippen LogP contribution < -0.4 is 0 Å². The van der Waals surface area contributed by atoms with Crippen LogP contribution in [-0.4, -0.2) is 6.26 Å². The van der Waals surface area contributed by atoms with E-state index in [9.17, 15) is 0 Å². The molecule has 0 aliphatic rings. The smallest absolute Gasteiger partial charge is 0.101 e. The number of hydrogen-bond acceptors (Lipinski definition) is 4. The van der Waals surface area contributed by atoms with Crippen LogP contribution in [0.1, 0.15) is 4.88 Å². The molecule has 0 saturated heterocycles. The number of thioether (sulfide) groups is 1. The van der Waals surface area contributed by atoms with Crippen molar-refractivity contribution in [3.8, 4) is 12.1 Å². The topological polar surface area (TPSA) is 47.6 Å². The molecular weight excluding hydrogens is 200 g/mol. The predicted molar refractivity (Wildman–Crippen MR) is 55.3 cm³/mol. The van der Waals surface area contributed by atoms with Gasteiger partial charge in [0.2, 0.25) is 0 Å². The SMILES string of the molecule is CSc1ccc(C(C#N)=CC#N)s1. The molecule has 0 aromatic carbocycles. The first kappa shape index (κ1) is 9.85. The van der Waals surface area contributed by atoms with Crippen molar-refractivity contribution < 1.29 is 0 Å². The van der Waals surface area contributed by atoms with Crippen molar-refractivity contribution in [1.82, 2.24) is 0 Å². The van der Waals surface area contributed by atoms with Gasteiger partial charge in [0.05, 0.1) is 15.9 Å². The number of nitrogens with zero attached hydrogens (tertiary/aromatic N) is 2. The molecule has 2 nitrogen and oxygen atoms in total. The molecule has 0 N–H and O–H groups in total. The van der Waals surface area contributed by atoms with Crippen molar-refractivity contribution >= 4 is 28.7 Å². The Hall–Kier alpha value is -1.23. The predicted octanol–water partition coefficient (Wildman–Crippen LogP) is 2.90. The fraction of sp³-hybridized carbons (Fsp3) is 0.111. The number of thiophene rings is 1. The van der Waals surface area contributed by atoms with E-state index in [0.29, 0.717) is 5.57 Å². The maximum atomic E-state index is 8.72. The van der Waals surface area contributed by atoms with Gasteiger partial charge in [0.25, 0.3) is 0 Å². The molecule has 4 heteroatoms. The fourth-order valence-electron chi connectivity index (χ4n) is 0.798. The minimum Gasteiger partial charge on any atom is -0.193 e. The lowest BCUT2D eigenvalue weighted by Gasteiger charge is -1.88. The third-order valence-corrected chi connectivity index (χ3v) is 3.58. The average Bonchev–Trinajstić information content (AvgIpc) is 2.62. The van der Waals surface area contributed by atoms with Gasteiger partial charge in [-0.2, -0.15) is 10.5 Å². The van der Waals surface area contributed by atoms with Crippen LogP contribution in [0.4, 0.5) is 0 Å². The van der Waals surface area contributed by atoms with Gasteiger partial charge in [-0.05, 0) is 18.4 Å². The Balaban J connectivity index is 3.02. The zero-order valence-electron chi connectivity index (χ0n) is 6.94. The van der Waals surface area contributed by atoms with Gasteiger partial charge in [0.15, 0.2) is 0 Å². The van der Waals surface area contributed by atoms with Gasteiger partial charge in [0.1, 0.15) is 6.07 Å². The van der Waals surface area contributed by atoms with Crippen LogP contribution in [-0.2, 0) is 0 Å². The third kappa shape index (κ3) is 2.35. The largest absolute Gasteiger partial charge is 0.193 e. The van der Waals surface area contributed by atoms with E-state index in [-0.39, 0.29) is 0 Å². The summed E-state index contributed by atoms with van der Waals surface area (Å²) >= 11 is 3.16. The number of nitriles is 2. The van der Waals surface area contributed by atoms with Crippen LogP contribution >= 0.6 is 23.1 Å². The lowest BCUT2D eigenvalue weighted by atomic mass is 10.2. The minimum atomic E-state index is 0.438. The highest BCUT2D eigenvalue weighted by molar-refractivity contribution is 8.00. The van der Waals surface area contributed by atoms with Crippen molar-refractivity contribution in [2.75, 3.05) is 6.26 Å². The molecule has 0 aliphatic heterocycles. The van der Waals surface area contributed by atoms with E-state index in [1.54, 1.807) is 11.8 Å². The molecule has 0 fully saturated rings. The summed E-state index contributed by atoms with van der Waals surface area (Å²) in [6.45, 7) is 0. The quantitative estimate of drug-likeness (QED) is 0.552. The Bertz CT molecular complexity index is 404. The van der Waals surface area contributed by atoms with Gasteiger partial charge in [0, 0.05) is 11.0 Å². The highest BCUT2D eigenvalue weighted by Crippen LogP contribution is 2.29. The molecule has 0 aliphatic carbocycles. The number of rotatable bonds is 2. The second kappa shape index (κ2) is 4.71. The summed E-state index contributed by atoms with van der Waals surface area (Å²) < 4.78 is 1.15. The van der Waals surface area contributed by atoms with Crippen molar-refractivity contribution in [2.45, 2.75) is 4.21 Å². The summed E-state index contributed by atoms with van der Waals surface area (Å²) in [7, 11) is 0. The molecule has 0 spiro atoms. The molecule has 0 unspecified atom stereocenters. The average molecular weight is 206 g/mol. The first-order chi connectivity index (χ1) is 6.31. The van der Waals surface area contributed by atoms with E-state index < -0.39 is 0 Å². The second-order valence-electron chi connectivity index (χ2n) is 2.12. The van der Waals surface area contributed by atoms with Gasteiger partial charge < -0.3 is 0 Å². The van der Waals surface area contributed by atoms with E-state index in [2.05, 4.69) is 0 Å². The summed E-state index contributed by atoms with van der Waals surface area (Å²) in [5.74, 6) is 0. The molecule has 0 amide bonds. The van der Waals surface area contributed by atoms with E-state index in [1.807, 2.05) is 30.5 Å². The second-order valence-corrected chi connectivity index (χ2v) is 4.31. The molecule has 0 bridgehead atoms. The minimum absolute atomic E-state index is 0.438. The molecule has 64 valence electrons. The van der Waals surface area contributed by atoms with Crippen molar-refractivity contribution in [2.24, 2.45) is 0 Å². The fourth-order valence-corrected chi connectivity index (χ4v) is 2.31. The van der Waals surface area contributed by atoms with Crippen LogP contribution in [0, 0.1) is 22.7 Å². The lowest BCUT2D eigenvalue weighted by Crippen LogP contribution is -1.71. The lowest BCUT2D eigenvalue weighted by molar-refractivity contribution is 1.52. The molecule has 0 atom stereocenters. The number of hydrogen-bond donors (Lipinski definition) is 0. The Kier molecular flexibility index (Phi) is 3.57. The zero-order valence-corrected chi connectivity index (χ0v) is 8.58. The van der Waals surface area contributed by atoms with Crippen molar-refractivity contribution in [1.29, 1.82) is 10.5 Å². The summed E-state index contributed by atoms with van der Waals surface area (Å²) in [6, 6.07) is 7.67. The van der Waals surface area contributed by atoms with Crippen LogP contribution in [0.15, 0.2) is 22.4 Å². The maximum absolute atomic E-state index is 8.72. The van der Waals surface area contributed by atoms with Crippen LogP contribution in [0.25, 0.3) is 5.57 Å². The molecule has 0 saturated carbocycles. The summed E-state index contributed by atoms with van der Waals surface area (Å²) in [5, 5.41) is 17.1. The Morgan fingerprint density at radius 3 is 2.77 bits per heavy atom. The zero-order chi connectivity index (χ0) is 9.68. The standard InChI is InChI=1S/C9H6N2S2/c1-12-9-3-2-8(13-9)7(6-11)4-5-10/h2-4H,1H3. The highest BCUT2D eigenvalue weighted by atomic mass is 32.2. The Labute approximate surface area is 85.1 Å². The first-order valence-corrected chi connectivity index (χ1v) is 5.50. The van der Waals surface area contributed by atoms with Crippen LogP contribution in [0.5, 0.6) is 0 Å². The normalized spacial score (nSPS) is 10.5. The molecule has 1 heterocycles. The summed E-state index contributed by atoms with van der Waals surface area (Å²) in [6.07, 6.45) is 3.26. The van der Waals surface area contributed by atoms with E-state index in [1.165, 1.54) is 17.4 Å². The molecule has 0 radical (unpaired) electrons. The summed E-state index contributed by atoms with van der Waals surface area (Å²) in [5.41, 5.74) is 0.438. The summed E-state index contributed by atoms with van der Waals surface area (Å²) in [4.78, 5) is 0.855. The number of allylic oxidation sites excluding steroid dienone is 2. The van der Waals surface area contributed by atoms with E-state index in [0.717, 1.165) is 9.09 Å². The molecule has 1 aromatic heterocycles. The molecular formula is C9H6N2S2. The highest BCUT2D eigenvalue weighted by Gasteiger charge is 2.03. The van der Waals surface area contributed by atoms with Crippen LogP contribution in [0.2, 0.25) is 0 Å². The first-order valence-electron chi connectivity index (χ1n) is 3.46. The van der Waals surface area contributed by atoms with Gasteiger partial charge >= 0.3 is 0 Å².